The Morgan fingerprint density at radius 1 is 0.491 bits per heavy atom. The fraction of sp³-hybridized carbons (Fsp3) is 0.111. The zero-order valence-corrected chi connectivity index (χ0v) is 32.8. The largest absolute Gasteiger partial charge is 0.497 e. The van der Waals surface area contributed by atoms with Crippen LogP contribution >= 0.6 is 47.0 Å². The second-order valence-electron chi connectivity index (χ2n) is 15.1. The van der Waals surface area contributed by atoms with E-state index in [4.69, 9.17) is 9.47 Å². The molecule has 0 saturated heterocycles. The van der Waals surface area contributed by atoms with E-state index in [0.717, 1.165) is 11.5 Å². The molecule has 7 aromatic rings. The van der Waals surface area contributed by atoms with Gasteiger partial charge in [-0.05, 0) is 105 Å². The molecule has 0 unspecified atom stereocenters. The molecule has 0 N–H and O–H groups in total. The van der Waals surface area contributed by atoms with Crippen molar-refractivity contribution in [1.29, 1.82) is 0 Å². The first kappa shape index (κ1) is 31.3. The molecule has 2 nitrogen and oxygen atoms in total. The SMILES string of the molecule is COc1ccc2c(c1)C(C)(C)c1c-2cc2c3c1Sc1ccccc1B3c1cc3c(cc1S2)Sc1c2c(cc4cc(OC)ccc14)Sc1ccccc1B32. The minimum Gasteiger partial charge on any atom is -0.497 e. The third-order valence-electron chi connectivity index (χ3n) is 12.1. The van der Waals surface area contributed by atoms with Crippen molar-refractivity contribution in [3.8, 4) is 22.6 Å². The molecule has 5 aliphatic rings. The van der Waals surface area contributed by atoms with E-state index in [0.29, 0.717) is 0 Å². The van der Waals surface area contributed by atoms with Gasteiger partial charge in [-0.25, -0.2) is 0 Å². The fourth-order valence-electron chi connectivity index (χ4n) is 9.68. The highest BCUT2D eigenvalue weighted by atomic mass is 32.2. The molecule has 0 fully saturated rings. The summed E-state index contributed by atoms with van der Waals surface area (Å²) in [7, 11) is 3.53. The summed E-state index contributed by atoms with van der Waals surface area (Å²) < 4.78 is 11.4. The summed E-state index contributed by atoms with van der Waals surface area (Å²) in [5.74, 6) is 1.82. The van der Waals surface area contributed by atoms with E-state index in [1.807, 2.05) is 47.0 Å². The van der Waals surface area contributed by atoms with Gasteiger partial charge < -0.3 is 9.47 Å². The Morgan fingerprint density at radius 2 is 1.09 bits per heavy atom. The van der Waals surface area contributed by atoms with E-state index in [-0.39, 0.29) is 18.8 Å². The van der Waals surface area contributed by atoms with Gasteiger partial charge in [-0.15, -0.1) is 0 Å². The molecule has 0 spiro atoms. The predicted molar refractivity (Wildman–Crippen MR) is 226 cm³/mol. The summed E-state index contributed by atoms with van der Waals surface area (Å²) in [6.07, 6.45) is 0. The molecule has 12 rings (SSSR count). The van der Waals surface area contributed by atoms with Crippen LogP contribution < -0.4 is 42.3 Å². The molecule has 0 amide bonds. The van der Waals surface area contributed by atoms with Crippen molar-refractivity contribution in [3.05, 3.63) is 120 Å². The second-order valence-corrected chi connectivity index (χ2v) is 19.3. The van der Waals surface area contributed by atoms with Crippen molar-refractivity contribution in [1.82, 2.24) is 0 Å². The van der Waals surface area contributed by atoms with Crippen LogP contribution in [-0.4, -0.2) is 27.6 Å². The Labute approximate surface area is 327 Å². The van der Waals surface area contributed by atoms with Gasteiger partial charge in [0.05, 0.1) is 14.2 Å². The van der Waals surface area contributed by atoms with Crippen molar-refractivity contribution < 1.29 is 9.47 Å². The summed E-state index contributed by atoms with van der Waals surface area (Å²) in [6, 6.07) is 41.6. The van der Waals surface area contributed by atoms with Crippen LogP contribution in [0.2, 0.25) is 0 Å². The molecular formula is C45H30B2O2S4. The standard InChI is InChI=1S/C45H30B2O2S4/c1-45(2)29-19-25(49-4)14-16-27(29)28-20-39-42-44(40(28)45)52-35-12-8-6-10-31(35)47(42)32-21-33-37(22-36(32)51-39)53-43-26-15-13-24(48-3)17-23(26)18-38-41(43)46(33)30-9-5-7-11-34(30)50-38/h5-22H,1-4H3. The van der Waals surface area contributed by atoms with Gasteiger partial charge in [-0.3, -0.25) is 0 Å². The first-order chi connectivity index (χ1) is 25.9. The fourth-order valence-corrected chi connectivity index (χ4v) is 15.1. The number of rotatable bonds is 2. The van der Waals surface area contributed by atoms with E-state index >= 15 is 0 Å². The molecule has 1 aliphatic carbocycles. The van der Waals surface area contributed by atoms with Gasteiger partial charge >= 0.3 is 0 Å². The maximum absolute atomic E-state index is 5.74. The Balaban J connectivity index is 1.11. The zero-order valence-electron chi connectivity index (χ0n) is 29.5. The lowest BCUT2D eigenvalue weighted by Crippen LogP contribution is -2.62. The average molecular weight is 753 g/mol. The van der Waals surface area contributed by atoms with Crippen molar-refractivity contribution in [3.63, 3.8) is 0 Å². The Morgan fingerprint density at radius 3 is 1.85 bits per heavy atom. The molecule has 4 aliphatic heterocycles. The predicted octanol–water partition coefficient (Wildman–Crippen LogP) is 8.05. The monoisotopic (exact) mass is 752 g/mol. The van der Waals surface area contributed by atoms with Gasteiger partial charge in [-0.1, -0.05) is 131 Å². The van der Waals surface area contributed by atoms with Crippen molar-refractivity contribution >= 4 is 104 Å². The van der Waals surface area contributed by atoms with Crippen LogP contribution in [0.15, 0.2) is 148 Å². The molecule has 0 aromatic heterocycles. The molecule has 0 atom stereocenters. The molecule has 7 aromatic carbocycles. The molecule has 252 valence electrons. The quantitative estimate of drug-likeness (QED) is 0.165. The highest BCUT2D eigenvalue weighted by Crippen LogP contribution is 2.56. The number of methoxy groups -OCH3 is 2. The maximum Gasteiger partial charge on any atom is 0.247 e. The minimum absolute atomic E-state index is 0.152. The van der Waals surface area contributed by atoms with E-state index in [1.165, 1.54) is 105 Å². The van der Waals surface area contributed by atoms with Crippen LogP contribution in [0, 0.1) is 0 Å². The smallest absolute Gasteiger partial charge is 0.247 e. The van der Waals surface area contributed by atoms with E-state index in [2.05, 4.69) is 123 Å². The highest BCUT2D eigenvalue weighted by molar-refractivity contribution is 8.02. The van der Waals surface area contributed by atoms with Gasteiger partial charge in [0.1, 0.15) is 11.5 Å². The number of benzene rings is 7. The maximum atomic E-state index is 5.74. The lowest BCUT2D eigenvalue weighted by atomic mass is 9.33. The van der Waals surface area contributed by atoms with Gasteiger partial charge in [0, 0.05) is 44.6 Å². The third kappa shape index (κ3) is 4.16. The topological polar surface area (TPSA) is 18.5 Å². The molecule has 0 saturated carbocycles. The van der Waals surface area contributed by atoms with E-state index in [9.17, 15) is 0 Å². The lowest BCUT2D eigenvalue weighted by molar-refractivity contribution is 0.413. The van der Waals surface area contributed by atoms with E-state index in [1.54, 1.807) is 14.2 Å². The molecule has 0 bridgehead atoms. The Bertz CT molecular complexity index is 2830. The number of hydrogen-bond acceptors (Lipinski definition) is 6. The Kier molecular flexibility index (Phi) is 6.50. The number of fused-ring (bicyclic) bond motifs is 14. The molecule has 8 heteroatoms. The van der Waals surface area contributed by atoms with E-state index < -0.39 is 0 Å². The van der Waals surface area contributed by atoms with Crippen LogP contribution in [0.5, 0.6) is 11.5 Å². The van der Waals surface area contributed by atoms with Crippen LogP contribution in [0.4, 0.5) is 0 Å². The second kappa shape index (κ2) is 11.0. The summed E-state index contributed by atoms with van der Waals surface area (Å²) in [5, 5.41) is 2.54. The van der Waals surface area contributed by atoms with Crippen molar-refractivity contribution in [2.75, 3.05) is 14.2 Å². The molecule has 53 heavy (non-hydrogen) atoms. The summed E-state index contributed by atoms with van der Waals surface area (Å²) >= 11 is 7.84. The molecular weight excluding hydrogens is 722 g/mol. The van der Waals surface area contributed by atoms with Crippen LogP contribution in [-0.2, 0) is 5.41 Å². The molecule has 4 heterocycles. The minimum atomic E-state index is -0.152. The van der Waals surface area contributed by atoms with Gasteiger partial charge in [-0.2, -0.15) is 0 Å². The summed E-state index contributed by atoms with van der Waals surface area (Å²) in [4.78, 5) is 11.0. The van der Waals surface area contributed by atoms with Crippen LogP contribution in [0.1, 0.15) is 25.0 Å². The first-order valence-corrected chi connectivity index (χ1v) is 21.3. The summed E-state index contributed by atoms with van der Waals surface area (Å²) in [6.45, 7) is 5.15. The molecule has 0 radical (unpaired) electrons. The Hall–Kier alpha value is -4.07. The first-order valence-electron chi connectivity index (χ1n) is 18.0. The number of hydrogen-bond donors (Lipinski definition) is 0. The van der Waals surface area contributed by atoms with Crippen LogP contribution in [0.3, 0.4) is 0 Å². The normalized spacial score (nSPS) is 15.7. The zero-order chi connectivity index (χ0) is 35.3. The summed E-state index contributed by atoms with van der Waals surface area (Å²) in [5.41, 5.74) is 14.0. The van der Waals surface area contributed by atoms with Crippen molar-refractivity contribution in [2.24, 2.45) is 0 Å². The number of ether oxygens (including phenoxy) is 2. The van der Waals surface area contributed by atoms with Gasteiger partial charge in [0.15, 0.2) is 0 Å². The average Bonchev–Trinajstić information content (AvgIpc) is 3.41. The lowest BCUT2D eigenvalue weighted by Gasteiger charge is -2.38. The van der Waals surface area contributed by atoms with Gasteiger partial charge in [0.2, 0.25) is 13.4 Å². The highest BCUT2D eigenvalue weighted by Gasteiger charge is 2.47. The third-order valence-corrected chi connectivity index (χ3v) is 16.8. The van der Waals surface area contributed by atoms with Crippen molar-refractivity contribution in [2.45, 2.75) is 58.4 Å². The van der Waals surface area contributed by atoms with Gasteiger partial charge in [0.25, 0.3) is 0 Å². The van der Waals surface area contributed by atoms with Crippen LogP contribution in [0.25, 0.3) is 21.9 Å².